The molecule has 26 heavy (non-hydrogen) atoms. The molecule has 1 N–H and O–H groups in total. The first-order valence-electron chi connectivity index (χ1n) is 8.56. The number of methoxy groups -OCH3 is 1. The van der Waals surface area contributed by atoms with E-state index >= 15 is 0 Å². The fourth-order valence-corrected chi connectivity index (χ4v) is 3.06. The summed E-state index contributed by atoms with van der Waals surface area (Å²) in [6, 6.07) is 12.7. The molecule has 1 aliphatic heterocycles. The summed E-state index contributed by atoms with van der Waals surface area (Å²) in [7, 11) is 1.58. The summed E-state index contributed by atoms with van der Waals surface area (Å²) in [6.07, 6.45) is 1.20. The standard InChI is InChI=1S/C20H21FN2O3/c1-26-18-4-2-3-17(13-18)22-19(24)14-9-11-23(12-10-14)20(25)15-5-7-16(21)8-6-15/h2-8,13-14H,9-12H2,1H3,(H,22,24). The Morgan fingerprint density at radius 2 is 1.81 bits per heavy atom. The van der Waals surface area contributed by atoms with Gasteiger partial charge in [0, 0.05) is 36.3 Å². The molecule has 2 aromatic carbocycles. The van der Waals surface area contributed by atoms with E-state index < -0.39 is 0 Å². The quantitative estimate of drug-likeness (QED) is 0.914. The third-order valence-corrected chi connectivity index (χ3v) is 4.58. The Kier molecular flexibility index (Phi) is 5.51. The van der Waals surface area contributed by atoms with E-state index in [1.54, 1.807) is 18.1 Å². The van der Waals surface area contributed by atoms with Crippen LogP contribution in [0.2, 0.25) is 0 Å². The fourth-order valence-electron chi connectivity index (χ4n) is 3.06. The number of carbonyl (C=O) groups is 2. The van der Waals surface area contributed by atoms with E-state index in [1.165, 1.54) is 24.3 Å². The minimum absolute atomic E-state index is 0.0489. The Bertz CT molecular complexity index is 784. The van der Waals surface area contributed by atoms with E-state index in [2.05, 4.69) is 5.32 Å². The molecule has 136 valence electrons. The molecular formula is C20H21FN2O3. The van der Waals surface area contributed by atoms with Gasteiger partial charge in [0.25, 0.3) is 5.91 Å². The number of ether oxygens (including phenoxy) is 1. The second-order valence-corrected chi connectivity index (χ2v) is 6.29. The number of piperidine rings is 1. The van der Waals surface area contributed by atoms with E-state index in [4.69, 9.17) is 4.74 Å². The third kappa shape index (κ3) is 4.20. The van der Waals surface area contributed by atoms with Crippen molar-refractivity contribution in [3.8, 4) is 5.75 Å². The van der Waals surface area contributed by atoms with Crippen molar-refractivity contribution in [3.63, 3.8) is 0 Å². The monoisotopic (exact) mass is 356 g/mol. The van der Waals surface area contributed by atoms with Gasteiger partial charge in [-0.2, -0.15) is 0 Å². The van der Waals surface area contributed by atoms with E-state index in [0.29, 0.717) is 42.9 Å². The number of hydrogen-bond acceptors (Lipinski definition) is 3. The number of hydrogen-bond donors (Lipinski definition) is 1. The smallest absolute Gasteiger partial charge is 0.253 e. The topological polar surface area (TPSA) is 58.6 Å². The van der Waals surface area contributed by atoms with Crippen molar-refractivity contribution in [2.24, 2.45) is 5.92 Å². The zero-order chi connectivity index (χ0) is 18.5. The number of anilines is 1. The molecule has 0 bridgehead atoms. The van der Waals surface area contributed by atoms with Gasteiger partial charge in [0.05, 0.1) is 7.11 Å². The van der Waals surface area contributed by atoms with Crippen LogP contribution >= 0.6 is 0 Å². The number of benzene rings is 2. The maximum Gasteiger partial charge on any atom is 0.253 e. The van der Waals surface area contributed by atoms with Gasteiger partial charge in [-0.25, -0.2) is 4.39 Å². The number of carbonyl (C=O) groups excluding carboxylic acids is 2. The van der Waals surface area contributed by atoms with Crippen molar-refractivity contribution >= 4 is 17.5 Å². The van der Waals surface area contributed by atoms with E-state index in [1.807, 2.05) is 18.2 Å². The molecule has 0 atom stereocenters. The van der Waals surface area contributed by atoms with E-state index in [-0.39, 0.29) is 23.5 Å². The average molecular weight is 356 g/mol. The predicted octanol–water partition coefficient (Wildman–Crippen LogP) is 3.33. The summed E-state index contributed by atoms with van der Waals surface area (Å²) in [5, 5.41) is 2.90. The van der Waals surface area contributed by atoms with Crippen LogP contribution in [0.15, 0.2) is 48.5 Å². The maximum absolute atomic E-state index is 13.0. The Labute approximate surface area is 151 Å². The third-order valence-electron chi connectivity index (χ3n) is 4.58. The molecule has 1 heterocycles. The Morgan fingerprint density at radius 1 is 1.12 bits per heavy atom. The molecule has 0 aromatic heterocycles. The van der Waals surface area contributed by atoms with Gasteiger partial charge in [0.15, 0.2) is 0 Å². The molecule has 3 rings (SSSR count). The number of rotatable bonds is 4. The molecule has 0 unspecified atom stereocenters. The Balaban J connectivity index is 1.55. The zero-order valence-electron chi connectivity index (χ0n) is 14.6. The lowest BCUT2D eigenvalue weighted by Gasteiger charge is -2.31. The van der Waals surface area contributed by atoms with Gasteiger partial charge in [0.1, 0.15) is 11.6 Å². The first-order valence-corrected chi connectivity index (χ1v) is 8.56. The second-order valence-electron chi connectivity index (χ2n) is 6.29. The average Bonchev–Trinajstić information content (AvgIpc) is 2.68. The molecule has 0 aliphatic carbocycles. The number of halogens is 1. The molecule has 2 aromatic rings. The van der Waals surface area contributed by atoms with Crippen LogP contribution in [0.1, 0.15) is 23.2 Å². The molecule has 1 aliphatic rings. The summed E-state index contributed by atoms with van der Waals surface area (Å²) in [6.45, 7) is 1.01. The predicted molar refractivity (Wildman–Crippen MR) is 96.7 cm³/mol. The number of likely N-dealkylation sites (tertiary alicyclic amines) is 1. The van der Waals surface area contributed by atoms with Crippen LogP contribution in [0.3, 0.4) is 0 Å². The molecular weight excluding hydrogens is 335 g/mol. The minimum Gasteiger partial charge on any atom is -0.497 e. The summed E-state index contributed by atoms with van der Waals surface area (Å²) >= 11 is 0. The van der Waals surface area contributed by atoms with E-state index in [9.17, 15) is 14.0 Å². The molecule has 2 amide bonds. The molecule has 5 nitrogen and oxygen atoms in total. The van der Waals surface area contributed by atoms with Crippen LogP contribution in [0.5, 0.6) is 5.75 Å². The summed E-state index contributed by atoms with van der Waals surface area (Å²) in [5.41, 5.74) is 1.16. The van der Waals surface area contributed by atoms with Crippen molar-refractivity contribution in [3.05, 3.63) is 59.9 Å². The second kappa shape index (κ2) is 7.99. The lowest BCUT2D eigenvalue weighted by atomic mass is 9.95. The normalized spacial score (nSPS) is 14.8. The Morgan fingerprint density at radius 3 is 2.46 bits per heavy atom. The van der Waals surface area contributed by atoms with Gasteiger partial charge in [0.2, 0.25) is 5.91 Å². The lowest BCUT2D eigenvalue weighted by molar-refractivity contribution is -0.121. The van der Waals surface area contributed by atoms with Gasteiger partial charge in [-0.05, 0) is 49.2 Å². The highest BCUT2D eigenvalue weighted by Crippen LogP contribution is 2.22. The summed E-state index contributed by atoms with van der Waals surface area (Å²) in [5.74, 6) is -0.000701. The molecule has 0 saturated carbocycles. The van der Waals surface area contributed by atoms with Crippen LogP contribution < -0.4 is 10.1 Å². The largest absolute Gasteiger partial charge is 0.497 e. The van der Waals surface area contributed by atoms with Crippen LogP contribution in [0.4, 0.5) is 10.1 Å². The van der Waals surface area contributed by atoms with Gasteiger partial charge in [-0.1, -0.05) is 6.07 Å². The zero-order valence-corrected chi connectivity index (χ0v) is 14.6. The van der Waals surface area contributed by atoms with Gasteiger partial charge in [-0.15, -0.1) is 0 Å². The van der Waals surface area contributed by atoms with Gasteiger partial charge in [-0.3, -0.25) is 9.59 Å². The highest BCUT2D eigenvalue weighted by atomic mass is 19.1. The summed E-state index contributed by atoms with van der Waals surface area (Å²) in [4.78, 5) is 26.6. The van der Waals surface area contributed by atoms with Crippen LogP contribution in [-0.4, -0.2) is 36.9 Å². The van der Waals surface area contributed by atoms with Crippen molar-refractivity contribution in [2.45, 2.75) is 12.8 Å². The van der Waals surface area contributed by atoms with Crippen molar-refractivity contribution < 1.29 is 18.7 Å². The highest BCUT2D eigenvalue weighted by molar-refractivity contribution is 5.95. The number of nitrogens with one attached hydrogen (secondary N) is 1. The Hall–Kier alpha value is -2.89. The molecule has 0 spiro atoms. The molecule has 1 saturated heterocycles. The van der Waals surface area contributed by atoms with Gasteiger partial charge < -0.3 is 15.0 Å². The highest BCUT2D eigenvalue weighted by Gasteiger charge is 2.28. The first kappa shape index (κ1) is 17.9. The SMILES string of the molecule is COc1cccc(NC(=O)C2CCN(C(=O)c3ccc(F)cc3)CC2)c1. The number of amides is 2. The summed E-state index contributed by atoms with van der Waals surface area (Å²) < 4.78 is 18.1. The lowest BCUT2D eigenvalue weighted by Crippen LogP contribution is -2.41. The van der Waals surface area contributed by atoms with Crippen molar-refractivity contribution in [1.29, 1.82) is 0 Å². The molecule has 1 fully saturated rings. The van der Waals surface area contributed by atoms with Crippen LogP contribution in [0, 0.1) is 11.7 Å². The minimum atomic E-state index is -0.366. The first-order chi connectivity index (χ1) is 12.6. The van der Waals surface area contributed by atoms with Crippen molar-refractivity contribution in [2.75, 3.05) is 25.5 Å². The van der Waals surface area contributed by atoms with E-state index in [0.717, 1.165) is 0 Å². The number of nitrogens with zero attached hydrogens (tertiary/aromatic N) is 1. The van der Waals surface area contributed by atoms with Gasteiger partial charge >= 0.3 is 0 Å². The maximum atomic E-state index is 13.0. The molecule has 6 heteroatoms. The van der Waals surface area contributed by atoms with Crippen molar-refractivity contribution in [1.82, 2.24) is 4.90 Å². The fraction of sp³-hybridized carbons (Fsp3) is 0.300. The van der Waals surface area contributed by atoms with Crippen LogP contribution in [0.25, 0.3) is 0 Å². The molecule has 0 radical (unpaired) electrons. The van der Waals surface area contributed by atoms with Crippen LogP contribution in [-0.2, 0) is 4.79 Å².